The van der Waals surface area contributed by atoms with Crippen molar-refractivity contribution >= 4 is 15.9 Å². The predicted molar refractivity (Wildman–Crippen MR) is 64.0 cm³/mol. The molecule has 0 atom stereocenters. The van der Waals surface area contributed by atoms with Crippen molar-refractivity contribution in [1.82, 2.24) is 0 Å². The van der Waals surface area contributed by atoms with Gasteiger partial charge in [-0.25, -0.2) is 0 Å². The zero-order chi connectivity index (χ0) is 11.1. The van der Waals surface area contributed by atoms with Gasteiger partial charge >= 0.3 is 0 Å². The number of hydrogen-bond donors (Lipinski definition) is 1. The highest BCUT2D eigenvalue weighted by atomic mass is 79.9. The maximum absolute atomic E-state index is 5.65. The van der Waals surface area contributed by atoms with E-state index in [1.165, 1.54) is 0 Å². The Morgan fingerprint density at radius 2 is 2.13 bits per heavy atom. The summed E-state index contributed by atoms with van der Waals surface area (Å²) in [4.78, 5) is 0. The summed E-state index contributed by atoms with van der Waals surface area (Å²) in [6, 6.07) is 5.83. The van der Waals surface area contributed by atoms with Gasteiger partial charge in [0.25, 0.3) is 0 Å². The molecule has 1 aromatic rings. The summed E-state index contributed by atoms with van der Waals surface area (Å²) in [6.07, 6.45) is 0.882. The Morgan fingerprint density at radius 1 is 1.33 bits per heavy atom. The molecule has 0 saturated carbocycles. The first-order valence-corrected chi connectivity index (χ1v) is 5.68. The van der Waals surface area contributed by atoms with E-state index in [4.69, 9.17) is 15.2 Å². The van der Waals surface area contributed by atoms with Crippen LogP contribution < -0.4 is 10.5 Å². The topological polar surface area (TPSA) is 44.5 Å². The quantitative estimate of drug-likeness (QED) is 0.810. The van der Waals surface area contributed by atoms with Crippen LogP contribution in [0.1, 0.15) is 12.0 Å². The fraction of sp³-hybridized carbons (Fsp3) is 0.455. The zero-order valence-electron chi connectivity index (χ0n) is 8.83. The van der Waals surface area contributed by atoms with Crippen LogP contribution in [0.2, 0.25) is 0 Å². The number of halogens is 1. The molecule has 2 N–H and O–H groups in total. The van der Waals surface area contributed by atoms with E-state index in [1.54, 1.807) is 7.11 Å². The lowest BCUT2D eigenvalue weighted by atomic mass is 10.2. The Labute approximate surface area is 98.7 Å². The highest BCUT2D eigenvalue weighted by Crippen LogP contribution is 2.26. The minimum absolute atomic E-state index is 0.473. The van der Waals surface area contributed by atoms with Gasteiger partial charge in [-0.3, -0.25) is 0 Å². The maximum atomic E-state index is 5.65. The van der Waals surface area contributed by atoms with Crippen molar-refractivity contribution in [3.05, 3.63) is 28.2 Å². The first kappa shape index (κ1) is 12.5. The Kier molecular flexibility index (Phi) is 5.68. The molecular formula is C11H16BrNO2. The Hall–Kier alpha value is -0.580. The molecule has 0 aliphatic heterocycles. The second kappa shape index (κ2) is 6.82. The van der Waals surface area contributed by atoms with Crippen LogP contribution in [0, 0.1) is 0 Å². The first-order valence-electron chi connectivity index (χ1n) is 4.88. The molecular weight excluding hydrogens is 258 g/mol. The summed E-state index contributed by atoms with van der Waals surface area (Å²) in [5.74, 6) is 0.850. The van der Waals surface area contributed by atoms with Gasteiger partial charge in [0.1, 0.15) is 5.75 Å². The summed E-state index contributed by atoms with van der Waals surface area (Å²) in [5.41, 5.74) is 6.66. The largest absolute Gasteiger partial charge is 0.493 e. The SMILES string of the molecule is COCCCOc1cccc(Br)c1CN. The van der Waals surface area contributed by atoms with Gasteiger partial charge in [0.2, 0.25) is 0 Å². The fourth-order valence-corrected chi connectivity index (χ4v) is 1.77. The van der Waals surface area contributed by atoms with Crippen molar-refractivity contribution in [2.75, 3.05) is 20.3 Å². The molecule has 4 heteroatoms. The number of benzene rings is 1. The molecule has 0 aliphatic carbocycles. The lowest BCUT2D eigenvalue weighted by molar-refractivity contribution is 0.172. The summed E-state index contributed by atoms with van der Waals surface area (Å²) < 4.78 is 11.6. The van der Waals surface area contributed by atoms with Crippen LogP contribution >= 0.6 is 15.9 Å². The molecule has 0 unspecified atom stereocenters. The second-order valence-corrected chi connectivity index (χ2v) is 3.97. The van der Waals surface area contributed by atoms with E-state index < -0.39 is 0 Å². The van der Waals surface area contributed by atoms with Gasteiger partial charge in [-0.1, -0.05) is 22.0 Å². The van der Waals surface area contributed by atoms with Crippen molar-refractivity contribution < 1.29 is 9.47 Å². The van der Waals surface area contributed by atoms with Crippen LogP contribution in [0.5, 0.6) is 5.75 Å². The van der Waals surface area contributed by atoms with E-state index in [9.17, 15) is 0 Å². The molecule has 0 radical (unpaired) electrons. The van der Waals surface area contributed by atoms with Gasteiger partial charge in [0.15, 0.2) is 0 Å². The summed E-state index contributed by atoms with van der Waals surface area (Å²) in [6.45, 7) is 1.84. The number of hydrogen-bond acceptors (Lipinski definition) is 3. The fourth-order valence-electron chi connectivity index (χ4n) is 1.26. The number of ether oxygens (including phenoxy) is 2. The molecule has 0 heterocycles. The van der Waals surface area contributed by atoms with Crippen LogP contribution in [0.15, 0.2) is 22.7 Å². The third kappa shape index (κ3) is 3.81. The van der Waals surface area contributed by atoms with Gasteiger partial charge in [-0.15, -0.1) is 0 Å². The predicted octanol–water partition coefficient (Wildman–Crippen LogP) is 2.32. The number of nitrogens with two attached hydrogens (primary N) is 1. The lowest BCUT2D eigenvalue weighted by Crippen LogP contribution is -2.06. The molecule has 3 nitrogen and oxygen atoms in total. The van der Waals surface area contributed by atoms with E-state index in [0.717, 1.165) is 22.2 Å². The average Bonchev–Trinajstić information content (AvgIpc) is 2.24. The third-order valence-corrected chi connectivity index (χ3v) is 2.77. The third-order valence-electron chi connectivity index (χ3n) is 2.03. The molecule has 84 valence electrons. The standard InChI is InChI=1S/C11H16BrNO2/c1-14-6-3-7-15-11-5-2-4-10(12)9(11)8-13/h2,4-5H,3,6-8,13H2,1H3. The Bertz CT molecular complexity index is 305. The second-order valence-electron chi connectivity index (χ2n) is 3.12. The summed E-state index contributed by atoms with van der Waals surface area (Å²) in [5, 5.41) is 0. The number of rotatable bonds is 6. The van der Waals surface area contributed by atoms with Gasteiger partial charge < -0.3 is 15.2 Å². The molecule has 0 bridgehead atoms. The van der Waals surface area contributed by atoms with Crippen LogP contribution in [0.3, 0.4) is 0 Å². The minimum Gasteiger partial charge on any atom is -0.493 e. The van der Waals surface area contributed by atoms with Crippen molar-refractivity contribution in [1.29, 1.82) is 0 Å². The van der Waals surface area contributed by atoms with Gasteiger partial charge in [0, 0.05) is 36.7 Å². The van der Waals surface area contributed by atoms with Gasteiger partial charge in [0.05, 0.1) is 6.61 Å². The summed E-state index contributed by atoms with van der Waals surface area (Å²) >= 11 is 3.45. The van der Waals surface area contributed by atoms with Crippen LogP contribution in [-0.2, 0) is 11.3 Å². The molecule has 0 fully saturated rings. The smallest absolute Gasteiger partial charge is 0.124 e. The van der Waals surface area contributed by atoms with Gasteiger partial charge in [-0.2, -0.15) is 0 Å². The highest BCUT2D eigenvalue weighted by Gasteiger charge is 2.05. The summed E-state index contributed by atoms with van der Waals surface area (Å²) in [7, 11) is 1.68. The molecule has 1 rings (SSSR count). The molecule has 1 aromatic carbocycles. The van der Waals surface area contributed by atoms with Crippen molar-refractivity contribution in [2.45, 2.75) is 13.0 Å². The lowest BCUT2D eigenvalue weighted by Gasteiger charge is -2.11. The molecule has 15 heavy (non-hydrogen) atoms. The van der Waals surface area contributed by atoms with E-state index in [0.29, 0.717) is 19.8 Å². The minimum atomic E-state index is 0.473. The van der Waals surface area contributed by atoms with E-state index >= 15 is 0 Å². The van der Waals surface area contributed by atoms with Crippen LogP contribution in [0.25, 0.3) is 0 Å². The Morgan fingerprint density at radius 3 is 2.80 bits per heavy atom. The maximum Gasteiger partial charge on any atom is 0.124 e. The van der Waals surface area contributed by atoms with Crippen LogP contribution in [-0.4, -0.2) is 20.3 Å². The van der Waals surface area contributed by atoms with Crippen molar-refractivity contribution in [3.8, 4) is 5.75 Å². The highest BCUT2D eigenvalue weighted by molar-refractivity contribution is 9.10. The normalized spacial score (nSPS) is 10.3. The average molecular weight is 274 g/mol. The molecule has 0 amide bonds. The van der Waals surface area contributed by atoms with Crippen LogP contribution in [0.4, 0.5) is 0 Å². The van der Waals surface area contributed by atoms with E-state index in [-0.39, 0.29) is 0 Å². The molecule has 0 aromatic heterocycles. The van der Waals surface area contributed by atoms with E-state index in [2.05, 4.69) is 15.9 Å². The molecule has 0 saturated heterocycles. The van der Waals surface area contributed by atoms with Gasteiger partial charge in [-0.05, 0) is 12.1 Å². The molecule has 0 aliphatic rings. The van der Waals surface area contributed by atoms with Crippen molar-refractivity contribution in [2.24, 2.45) is 5.73 Å². The molecule has 0 spiro atoms. The van der Waals surface area contributed by atoms with Crippen molar-refractivity contribution in [3.63, 3.8) is 0 Å². The Balaban J connectivity index is 2.56. The first-order chi connectivity index (χ1) is 7.29. The number of methoxy groups -OCH3 is 1. The van der Waals surface area contributed by atoms with E-state index in [1.807, 2.05) is 18.2 Å². The zero-order valence-corrected chi connectivity index (χ0v) is 10.4. The monoisotopic (exact) mass is 273 g/mol.